The van der Waals surface area contributed by atoms with Gasteiger partial charge in [0.2, 0.25) is 5.91 Å². The number of carbonyl (C=O) groups is 2. The van der Waals surface area contributed by atoms with Crippen LogP contribution in [0.3, 0.4) is 0 Å². The molecule has 0 atom stereocenters. The average molecular weight is 307 g/mol. The fourth-order valence-corrected chi connectivity index (χ4v) is 2.03. The van der Waals surface area contributed by atoms with Crippen molar-refractivity contribution in [3.8, 4) is 0 Å². The maximum atomic E-state index is 12.3. The van der Waals surface area contributed by atoms with Crippen molar-refractivity contribution in [2.24, 2.45) is 0 Å². The molecule has 2 amide bonds. The Hall–Kier alpha value is -1.95. The molecular formula is C15H21N3O2S. The van der Waals surface area contributed by atoms with Crippen LogP contribution in [0.5, 0.6) is 0 Å². The van der Waals surface area contributed by atoms with Gasteiger partial charge in [0.05, 0.1) is 0 Å². The number of benzene rings is 1. The number of nitrogens with zero attached hydrogens (tertiary/aromatic N) is 1. The SMILES string of the molecule is CCC(=O)NC(=S)Nc1cccc(C(=O)N(CC)CC)c1. The van der Waals surface area contributed by atoms with Crippen LogP contribution in [-0.2, 0) is 4.79 Å². The molecule has 6 heteroatoms. The van der Waals surface area contributed by atoms with Crippen molar-refractivity contribution in [3.63, 3.8) is 0 Å². The molecule has 0 heterocycles. The Labute approximate surface area is 130 Å². The average Bonchev–Trinajstić information content (AvgIpc) is 2.48. The van der Waals surface area contributed by atoms with Gasteiger partial charge in [-0.25, -0.2) is 0 Å². The highest BCUT2D eigenvalue weighted by atomic mass is 32.1. The largest absolute Gasteiger partial charge is 0.339 e. The maximum Gasteiger partial charge on any atom is 0.253 e. The Morgan fingerprint density at radius 1 is 1.19 bits per heavy atom. The van der Waals surface area contributed by atoms with Crippen molar-refractivity contribution in [1.29, 1.82) is 0 Å². The number of thiocarbonyl (C=S) groups is 1. The molecule has 2 N–H and O–H groups in total. The molecule has 0 spiro atoms. The Morgan fingerprint density at radius 2 is 1.86 bits per heavy atom. The smallest absolute Gasteiger partial charge is 0.253 e. The number of hydrogen-bond donors (Lipinski definition) is 2. The van der Waals surface area contributed by atoms with Crippen LogP contribution < -0.4 is 10.6 Å². The van der Waals surface area contributed by atoms with Crippen molar-refractivity contribution in [2.75, 3.05) is 18.4 Å². The fraction of sp³-hybridized carbons (Fsp3) is 0.400. The molecule has 0 radical (unpaired) electrons. The summed E-state index contributed by atoms with van der Waals surface area (Å²) in [7, 11) is 0. The van der Waals surface area contributed by atoms with Crippen LogP contribution in [0.4, 0.5) is 5.69 Å². The van der Waals surface area contributed by atoms with Gasteiger partial charge in [0.15, 0.2) is 5.11 Å². The summed E-state index contributed by atoms with van der Waals surface area (Å²) in [6.07, 6.45) is 0.363. The quantitative estimate of drug-likeness (QED) is 0.820. The standard InChI is InChI=1S/C15H21N3O2S/c1-4-13(19)17-15(21)16-12-9-7-8-11(10-12)14(20)18(5-2)6-3/h7-10H,4-6H2,1-3H3,(H2,16,17,19,21). The Balaban J connectivity index is 2.79. The Kier molecular flexibility index (Phi) is 6.81. The predicted octanol–water partition coefficient (Wildman–Crippen LogP) is 2.39. The highest BCUT2D eigenvalue weighted by molar-refractivity contribution is 7.80. The molecule has 1 rings (SSSR count). The van der Waals surface area contributed by atoms with Crippen LogP contribution in [0.2, 0.25) is 0 Å². The zero-order chi connectivity index (χ0) is 15.8. The second-order valence-electron chi connectivity index (χ2n) is 4.41. The lowest BCUT2D eigenvalue weighted by atomic mass is 10.1. The summed E-state index contributed by atoms with van der Waals surface area (Å²) in [5, 5.41) is 5.69. The van der Waals surface area contributed by atoms with E-state index in [9.17, 15) is 9.59 Å². The number of amides is 2. The van der Waals surface area contributed by atoms with Crippen molar-refractivity contribution in [1.82, 2.24) is 10.2 Å². The first kappa shape index (κ1) is 17.1. The molecule has 0 fully saturated rings. The molecule has 0 aliphatic rings. The van der Waals surface area contributed by atoms with Crippen molar-refractivity contribution >= 4 is 34.8 Å². The van der Waals surface area contributed by atoms with E-state index < -0.39 is 0 Å². The van der Waals surface area contributed by atoms with Crippen LogP contribution in [0.15, 0.2) is 24.3 Å². The summed E-state index contributed by atoms with van der Waals surface area (Å²) < 4.78 is 0. The number of rotatable bonds is 5. The van der Waals surface area contributed by atoms with Gasteiger partial charge < -0.3 is 15.5 Å². The number of hydrogen-bond acceptors (Lipinski definition) is 3. The first-order valence-electron chi connectivity index (χ1n) is 7.01. The second-order valence-corrected chi connectivity index (χ2v) is 4.82. The zero-order valence-corrected chi connectivity index (χ0v) is 13.4. The topological polar surface area (TPSA) is 61.4 Å². The van der Waals surface area contributed by atoms with E-state index in [1.807, 2.05) is 13.8 Å². The molecule has 1 aromatic rings. The Bertz CT molecular complexity index is 527. The van der Waals surface area contributed by atoms with Crippen LogP contribution in [0, 0.1) is 0 Å². The number of anilines is 1. The summed E-state index contributed by atoms with van der Waals surface area (Å²) in [4.78, 5) is 25.3. The summed E-state index contributed by atoms with van der Waals surface area (Å²) in [6, 6.07) is 7.07. The number of carbonyl (C=O) groups excluding carboxylic acids is 2. The third kappa shape index (κ3) is 5.15. The van der Waals surface area contributed by atoms with Crippen LogP contribution >= 0.6 is 12.2 Å². The van der Waals surface area contributed by atoms with E-state index >= 15 is 0 Å². The molecule has 114 valence electrons. The van der Waals surface area contributed by atoms with Gasteiger partial charge in [-0.3, -0.25) is 9.59 Å². The third-order valence-electron chi connectivity index (χ3n) is 2.99. The van der Waals surface area contributed by atoms with E-state index in [0.29, 0.717) is 30.8 Å². The van der Waals surface area contributed by atoms with Crippen molar-refractivity contribution in [3.05, 3.63) is 29.8 Å². The summed E-state index contributed by atoms with van der Waals surface area (Å²) >= 11 is 5.05. The van der Waals surface area contributed by atoms with Gasteiger partial charge >= 0.3 is 0 Å². The normalized spacial score (nSPS) is 9.86. The van der Waals surface area contributed by atoms with E-state index in [0.717, 1.165) is 0 Å². The van der Waals surface area contributed by atoms with E-state index in [1.165, 1.54) is 0 Å². The van der Waals surface area contributed by atoms with E-state index in [2.05, 4.69) is 10.6 Å². The third-order valence-corrected chi connectivity index (χ3v) is 3.20. The van der Waals surface area contributed by atoms with Crippen molar-refractivity contribution < 1.29 is 9.59 Å². The van der Waals surface area contributed by atoms with Crippen LogP contribution in [0.1, 0.15) is 37.6 Å². The zero-order valence-electron chi connectivity index (χ0n) is 12.6. The fourth-order valence-electron chi connectivity index (χ4n) is 1.80. The highest BCUT2D eigenvalue weighted by Gasteiger charge is 2.12. The van der Waals surface area contributed by atoms with Crippen LogP contribution in [-0.4, -0.2) is 34.9 Å². The lowest BCUT2D eigenvalue weighted by molar-refractivity contribution is -0.119. The van der Waals surface area contributed by atoms with Gasteiger partial charge in [0.25, 0.3) is 5.91 Å². The number of nitrogens with one attached hydrogen (secondary N) is 2. The van der Waals surface area contributed by atoms with Gasteiger partial charge in [-0.1, -0.05) is 13.0 Å². The maximum absolute atomic E-state index is 12.3. The molecule has 1 aromatic carbocycles. The lowest BCUT2D eigenvalue weighted by Crippen LogP contribution is -2.33. The molecule has 0 unspecified atom stereocenters. The molecule has 21 heavy (non-hydrogen) atoms. The monoisotopic (exact) mass is 307 g/mol. The summed E-state index contributed by atoms with van der Waals surface area (Å²) in [5.41, 5.74) is 1.27. The minimum Gasteiger partial charge on any atom is -0.339 e. The minimum atomic E-state index is -0.150. The molecule has 5 nitrogen and oxygen atoms in total. The molecule has 0 aliphatic heterocycles. The molecular weight excluding hydrogens is 286 g/mol. The first-order valence-corrected chi connectivity index (χ1v) is 7.42. The van der Waals surface area contributed by atoms with E-state index in [4.69, 9.17) is 12.2 Å². The molecule has 0 aromatic heterocycles. The molecule has 0 aliphatic carbocycles. The molecule has 0 saturated carbocycles. The van der Waals surface area contributed by atoms with Gasteiger partial charge in [-0.15, -0.1) is 0 Å². The second kappa shape index (κ2) is 8.36. The minimum absolute atomic E-state index is 0.0211. The highest BCUT2D eigenvalue weighted by Crippen LogP contribution is 2.13. The van der Waals surface area contributed by atoms with Gasteiger partial charge in [0, 0.05) is 30.8 Å². The summed E-state index contributed by atoms with van der Waals surface area (Å²) in [6.45, 7) is 6.97. The summed E-state index contributed by atoms with van der Waals surface area (Å²) in [5.74, 6) is -0.171. The predicted molar refractivity (Wildman–Crippen MR) is 88.3 cm³/mol. The molecule has 0 bridgehead atoms. The van der Waals surface area contributed by atoms with Crippen LogP contribution in [0.25, 0.3) is 0 Å². The first-order chi connectivity index (χ1) is 10.0. The van der Waals surface area contributed by atoms with Crippen molar-refractivity contribution in [2.45, 2.75) is 27.2 Å². The lowest BCUT2D eigenvalue weighted by Gasteiger charge is -2.19. The van der Waals surface area contributed by atoms with Gasteiger partial charge in [-0.2, -0.15) is 0 Å². The Morgan fingerprint density at radius 3 is 2.43 bits per heavy atom. The van der Waals surface area contributed by atoms with E-state index in [1.54, 1.807) is 36.1 Å². The van der Waals surface area contributed by atoms with Gasteiger partial charge in [0.1, 0.15) is 0 Å². The van der Waals surface area contributed by atoms with E-state index in [-0.39, 0.29) is 16.9 Å². The van der Waals surface area contributed by atoms with Gasteiger partial charge in [-0.05, 0) is 44.3 Å². The molecule has 0 saturated heterocycles.